The molecule has 0 spiro atoms. The predicted octanol–water partition coefficient (Wildman–Crippen LogP) is 1.55. The van der Waals surface area contributed by atoms with Crippen molar-refractivity contribution in [3.63, 3.8) is 0 Å². The van der Waals surface area contributed by atoms with Crippen molar-refractivity contribution in [1.82, 2.24) is 0 Å². The molecule has 0 aromatic heterocycles. The van der Waals surface area contributed by atoms with Crippen LogP contribution in [-0.2, 0) is 6.54 Å². The van der Waals surface area contributed by atoms with E-state index in [0.29, 0.717) is 13.2 Å². The van der Waals surface area contributed by atoms with Crippen LogP contribution in [0.1, 0.15) is 11.1 Å². The van der Waals surface area contributed by atoms with Crippen molar-refractivity contribution in [3.05, 3.63) is 35.4 Å². The molecular formula is C10H11NO. The van der Waals surface area contributed by atoms with Gasteiger partial charge in [0.1, 0.15) is 12.4 Å². The molecule has 0 amide bonds. The zero-order chi connectivity index (χ0) is 8.39. The van der Waals surface area contributed by atoms with E-state index in [1.165, 1.54) is 0 Å². The van der Waals surface area contributed by atoms with Crippen molar-refractivity contribution in [2.24, 2.45) is 5.73 Å². The van der Waals surface area contributed by atoms with Crippen LogP contribution in [-0.4, -0.2) is 6.61 Å². The maximum Gasteiger partial charge on any atom is 0.127 e. The van der Waals surface area contributed by atoms with Gasteiger partial charge in [-0.3, -0.25) is 0 Å². The molecule has 2 nitrogen and oxygen atoms in total. The van der Waals surface area contributed by atoms with Crippen molar-refractivity contribution in [2.75, 3.05) is 6.61 Å². The standard InChI is InChI=1S/C10H11NO/c11-7-8-3-4-9-2-1-5-12-10(9)6-8/h1-4,6H,5,7,11H2. The molecule has 0 aliphatic carbocycles. The Morgan fingerprint density at radius 3 is 3.17 bits per heavy atom. The van der Waals surface area contributed by atoms with Crippen molar-refractivity contribution in [2.45, 2.75) is 6.54 Å². The fourth-order valence-corrected chi connectivity index (χ4v) is 1.28. The molecule has 0 bridgehead atoms. The zero-order valence-corrected chi connectivity index (χ0v) is 6.79. The Bertz CT molecular complexity index is 318. The highest BCUT2D eigenvalue weighted by atomic mass is 16.5. The summed E-state index contributed by atoms with van der Waals surface area (Å²) < 4.78 is 5.42. The lowest BCUT2D eigenvalue weighted by Gasteiger charge is -2.12. The molecule has 1 aromatic rings. The van der Waals surface area contributed by atoms with Crippen molar-refractivity contribution < 1.29 is 4.74 Å². The Labute approximate surface area is 71.6 Å². The van der Waals surface area contributed by atoms with Gasteiger partial charge in [-0.15, -0.1) is 0 Å². The second kappa shape index (κ2) is 2.99. The fourth-order valence-electron chi connectivity index (χ4n) is 1.28. The van der Waals surface area contributed by atoms with Crippen LogP contribution in [0.4, 0.5) is 0 Å². The van der Waals surface area contributed by atoms with E-state index < -0.39 is 0 Å². The number of nitrogens with two attached hydrogens (primary N) is 1. The summed E-state index contributed by atoms with van der Waals surface area (Å²) in [5.41, 5.74) is 7.76. The first-order valence-electron chi connectivity index (χ1n) is 4.02. The van der Waals surface area contributed by atoms with Gasteiger partial charge in [0.15, 0.2) is 0 Å². The molecule has 1 aliphatic heterocycles. The van der Waals surface area contributed by atoms with Gasteiger partial charge in [-0.2, -0.15) is 0 Å². The summed E-state index contributed by atoms with van der Waals surface area (Å²) in [6.45, 7) is 1.24. The van der Waals surface area contributed by atoms with Crippen LogP contribution in [0.5, 0.6) is 5.75 Å². The van der Waals surface area contributed by atoms with Crippen LogP contribution in [0.15, 0.2) is 24.3 Å². The molecule has 62 valence electrons. The van der Waals surface area contributed by atoms with Crippen LogP contribution in [0.2, 0.25) is 0 Å². The highest BCUT2D eigenvalue weighted by molar-refractivity contribution is 5.59. The number of hydrogen-bond acceptors (Lipinski definition) is 2. The van der Waals surface area contributed by atoms with E-state index in [9.17, 15) is 0 Å². The first-order valence-corrected chi connectivity index (χ1v) is 4.02. The van der Waals surface area contributed by atoms with Crippen LogP contribution >= 0.6 is 0 Å². The normalized spacial score (nSPS) is 13.8. The van der Waals surface area contributed by atoms with E-state index in [-0.39, 0.29) is 0 Å². The number of benzene rings is 1. The lowest BCUT2D eigenvalue weighted by atomic mass is 10.1. The summed E-state index contributed by atoms with van der Waals surface area (Å²) in [4.78, 5) is 0. The Hall–Kier alpha value is -1.28. The first kappa shape index (κ1) is 7.37. The summed E-state index contributed by atoms with van der Waals surface area (Å²) >= 11 is 0. The van der Waals surface area contributed by atoms with E-state index in [1.54, 1.807) is 0 Å². The monoisotopic (exact) mass is 161 g/mol. The molecule has 0 unspecified atom stereocenters. The third-order valence-electron chi connectivity index (χ3n) is 1.95. The van der Waals surface area contributed by atoms with Gasteiger partial charge in [0.2, 0.25) is 0 Å². The Balaban J connectivity index is 2.44. The van der Waals surface area contributed by atoms with E-state index in [4.69, 9.17) is 10.5 Å². The average Bonchev–Trinajstić information content (AvgIpc) is 2.17. The van der Waals surface area contributed by atoms with E-state index >= 15 is 0 Å². The van der Waals surface area contributed by atoms with E-state index in [0.717, 1.165) is 16.9 Å². The minimum absolute atomic E-state index is 0.570. The van der Waals surface area contributed by atoms with E-state index in [1.807, 2.05) is 24.3 Å². The highest BCUT2D eigenvalue weighted by Crippen LogP contribution is 2.24. The molecule has 1 aliphatic rings. The minimum atomic E-state index is 0.570. The average molecular weight is 161 g/mol. The second-order valence-electron chi connectivity index (χ2n) is 2.79. The first-order chi connectivity index (χ1) is 5.90. The lowest BCUT2D eigenvalue weighted by molar-refractivity contribution is 0.358. The molecular weight excluding hydrogens is 150 g/mol. The maximum atomic E-state index is 5.51. The minimum Gasteiger partial charge on any atom is -0.489 e. The highest BCUT2D eigenvalue weighted by Gasteiger charge is 2.04. The Morgan fingerprint density at radius 2 is 2.33 bits per heavy atom. The summed E-state index contributed by atoms with van der Waals surface area (Å²) in [5.74, 6) is 0.945. The summed E-state index contributed by atoms with van der Waals surface area (Å²) in [5, 5.41) is 0. The van der Waals surface area contributed by atoms with Gasteiger partial charge in [0, 0.05) is 12.1 Å². The van der Waals surface area contributed by atoms with Gasteiger partial charge < -0.3 is 10.5 Å². The molecule has 0 atom stereocenters. The number of rotatable bonds is 1. The Morgan fingerprint density at radius 1 is 1.42 bits per heavy atom. The maximum absolute atomic E-state index is 5.51. The van der Waals surface area contributed by atoms with Crippen molar-refractivity contribution in [3.8, 4) is 5.75 Å². The number of fused-ring (bicyclic) bond motifs is 1. The Kier molecular flexibility index (Phi) is 1.84. The molecule has 1 heterocycles. The number of hydrogen-bond donors (Lipinski definition) is 1. The molecule has 12 heavy (non-hydrogen) atoms. The fraction of sp³-hybridized carbons (Fsp3) is 0.200. The van der Waals surface area contributed by atoms with Gasteiger partial charge in [0.25, 0.3) is 0 Å². The smallest absolute Gasteiger partial charge is 0.127 e. The molecule has 0 saturated carbocycles. The van der Waals surface area contributed by atoms with Gasteiger partial charge >= 0.3 is 0 Å². The van der Waals surface area contributed by atoms with Crippen LogP contribution < -0.4 is 10.5 Å². The SMILES string of the molecule is NCc1ccc2c(c1)OCC=C2. The molecule has 0 fully saturated rings. The third-order valence-corrected chi connectivity index (χ3v) is 1.95. The van der Waals surface area contributed by atoms with Gasteiger partial charge in [-0.1, -0.05) is 18.2 Å². The third kappa shape index (κ3) is 1.21. The van der Waals surface area contributed by atoms with Crippen LogP contribution in [0.25, 0.3) is 6.08 Å². The molecule has 2 rings (SSSR count). The summed E-state index contributed by atoms with van der Waals surface area (Å²) in [7, 11) is 0. The lowest BCUT2D eigenvalue weighted by Crippen LogP contribution is -2.02. The molecule has 1 aromatic carbocycles. The largest absolute Gasteiger partial charge is 0.489 e. The van der Waals surface area contributed by atoms with Gasteiger partial charge in [-0.05, 0) is 17.7 Å². The second-order valence-corrected chi connectivity index (χ2v) is 2.79. The van der Waals surface area contributed by atoms with Crippen LogP contribution in [0.3, 0.4) is 0 Å². The molecule has 2 heteroatoms. The van der Waals surface area contributed by atoms with Gasteiger partial charge in [0.05, 0.1) is 0 Å². The quantitative estimate of drug-likeness (QED) is 0.678. The molecule has 0 radical (unpaired) electrons. The molecule has 0 saturated heterocycles. The zero-order valence-electron chi connectivity index (χ0n) is 6.79. The predicted molar refractivity (Wildman–Crippen MR) is 48.9 cm³/mol. The topological polar surface area (TPSA) is 35.2 Å². The van der Waals surface area contributed by atoms with E-state index in [2.05, 4.69) is 6.08 Å². The van der Waals surface area contributed by atoms with Crippen molar-refractivity contribution in [1.29, 1.82) is 0 Å². The number of ether oxygens (including phenoxy) is 1. The van der Waals surface area contributed by atoms with Gasteiger partial charge in [-0.25, -0.2) is 0 Å². The van der Waals surface area contributed by atoms with Crippen LogP contribution in [0, 0.1) is 0 Å². The summed E-state index contributed by atoms with van der Waals surface area (Å²) in [6, 6.07) is 6.06. The summed E-state index contributed by atoms with van der Waals surface area (Å²) in [6.07, 6.45) is 4.07. The van der Waals surface area contributed by atoms with Crippen molar-refractivity contribution >= 4 is 6.08 Å². The molecule has 2 N–H and O–H groups in total.